The van der Waals surface area contributed by atoms with E-state index in [4.69, 9.17) is 0 Å². The molecule has 1 aliphatic heterocycles. The van der Waals surface area contributed by atoms with E-state index in [9.17, 15) is 18.4 Å². The predicted molar refractivity (Wildman–Crippen MR) is 143 cm³/mol. The van der Waals surface area contributed by atoms with Crippen LogP contribution in [0.4, 0.5) is 19.0 Å². The first-order valence-electron chi connectivity index (χ1n) is 13.4. The van der Waals surface area contributed by atoms with Crippen LogP contribution in [0.25, 0.3) is 0 Å². The SMILES string of the molecule is O=C(N[C@@H]1CC[C@@H](c2cccc(F)c2F)[C@@H](F)c2cccnc21)c1cnc2c(c1)CC1(C2)C(=O)Nc2ncccc21. The van der Waals surface area contributed by atoms with Crippen molar-refractivity contribution in [2.75, 3.05) is 5.32 Å². The second-order valence-electron chi connectivity index (χ2n) is 10.9. The summed E-state index contributed by atoms with van der Waals surface area (Å²) in [5.74, 6) is -3.05. The summed E-state index contributed by atoms with van der Waals surface area (Å²) in [5, 5.41) is 5.82. The quantitative estimate of drug-likeness (QED) is 0.339. The van der Waals surface area contributed by atoms with Crippen molar-refractivity contribution in [3.05, 3.63) is 118 Å². The maximum atomic E-state index is 15.9. The number of nitrogens with zero attached hydrogens (tertiary/aromatic N) is 3. The van der Waals surface area contributed by atoms with Crippen LogP contribution in [0.2, 0.25) is 0 Å². The van der Waals surface area contributed by atoms with Crippen molar-refractivity contribution < 1.29 is 22.8 Å². The second-order valence-corrected chi connectivity index (χ2v) is 10.9. The first-order valence-corrected chi connectivity index (χ1v) is 13.4. The molecule has 0 saturated carbocycles. The topological polar surface area (TPSA) is 96.9 Å². The van der Waals surface area contributed by atoms with E-state index in [1.807, 2.05) is 6.07 Å². The van der Waals surface area contributed by atoms with Gasteiger partial charge in [0.05, 0.1) is 22.7 Å². The van der Waals surface area contributed by atoms with E-state index in [1.54, 1.807) is 30.5 Å². The van der Waals surface area contributed by atoms with Crippen molar-refractivity contribution in [1.29, 1.82) is 0 Å². The zero-order valence-electron chi connectivity index (χ0n) is 21.7. The van der Waals surface area contributed by atoms with Gasteiger partial charge in [-0.25, -0.2) is 18.2 Å². The Bertz CT molecular complexity index is 1730. The van der Waals surface area contributed by atoms with Gasteiger partial charge in [0.25, 0.3) is 5.91 Å². The van der Waals surface area contributed by atoms with E-state index in [0.717, 1.165) is 22.9 Å². The molecule has 0 fully saturated rings. The van der Waals surface area contributed by atoms with Crippen LogP contribution in [0.5, 0.6) is 0 Å². The largest absolute Gasteiger partial charge is 0.344 e. The Kier molecular flexibility index (Phi) is 5.88. The molecule has 41 heavy (non-hydrogen) atoms. The fourth-order valence-corrected chi connectivity index (χ4v) is 6.54. The predicted octanol–water partition coefficient (Wildman–Crippen LogP) is 5.20. The van der Waals surface area contributed by atoms with E-state index in [-0.39, 0.29) is 29.9 Å². The lowest BCUT2D eigenvalue weighted by atomic mass is 9.80. The standard InChI is InChI=1S/C31H24F3N5O2/c32-22-7-1-4-18(26(22)34)19-8-9-23(27-20(25(19)33)5-2-10-35-27)38-29(40)17-12-16-13-31(14-24(16)37-15-17)21-6-3-11-36-28(21)39-30(31)41/h1-7,10-12,15,19,23,25H,8-9,13-14H2,(H,38,40)(H,36,39,41)/t19-,23+,25+,31?/m0/s1. The maximum Gasteiger partial charge on any atom is 0.253 e. The molecular weight excluding hydrogens is 531 g/mol. The monoisotopic (exact) mass is 555 g/mol. The van der Waals surface area contributed by atoms with E-state index in [1.165, 1.54) is 24.5 Å². The molecule has 1 aromatic carbocycles. The van der Waals surface area contributed by atoms with Crippen LogP contribution in [-0.4, -0.2) is 26.8 Å². The Labute approximate surface area is 233 Å². The third-order valence-corrected chi connectivity index (χ3v) is 8.58. The zero-order valence-corrected chi connectivity index (χ0v) is 21.7. The number of aromatic nitrogens is 3. The summed E-state index contributed by atoms with van der Waals surface area (Å²) in [6.07, 6.45) is 4.21. The van der Waals surface area contributed by atoms with Crippen LogP contribution in [0.15, 0.2) is 67.1 Å². The second kappa shape index (κ2) is 9.50. The van der Waals surface area contributed by atoms with Crippen molar-refractivity contribution in [1.82, 2.24) is 20.3 Å². The van der Waals surface area contributed by atoms with Crippen molar-refractivity contribution in [3.8, 4) is 0 Å². The number of anilines is 1. The molecule has 2 aliphatic carbocycles. The lowest BCUT2D eigenvalue weighted by Gasteiger charge is -2.20. The molecule has 3 aromatic heterocycles. The van der Waals surface area contributed by atoms with Gasteiger partial charge < -0.3 is 10.6 Å². The number of amides is 2. The van der Waals surface area contributed by atoms with Gasteiger partial charge in [-0.1, -0.05) is 24.3 Å². The summed E-state index contributed by atoms with van der Waals surface area (Å²) >= 11 is 0. The highest BCUT2D eigenvalue weighted by Crippen LogP contribution is 2.47. The molecule has 3 aliphatic rings. The number of hydrogen-bond acceptors (Lipinski definition) is 5. The number of rotatable bonds is 3. The highest BCUT2D eigenvalue weighted by Gasteiger charge is 2.51. The third kappa shape index (κ3) is 4.00. The Morgan fingerprint density at radius 2 is 1.78 bits per heavy atom. The van der Waals surface area contributed by atoms with Gasteiger partial charge in [-0.15, -0.1) is 0 Å². The first kappa shape index (κ1) is 25.4. The van der Waals surface area contributed by atoms with E-state index in [0.29, 0.717) is 29.9 Å². The molecule has 2 amide bonds. The van der Waals surface area contributed by atoms with Crippen molar-refractivity contribution in [2.45, 2.75) is 49.2 Å². The summed E-state index contributed by atoms with van der Waals surface area (Å²) in [4.78, 5) is 39.7. The average Bonchev–Trinajstić information content (AvgIpc) is 3.46. The summed E-state index contributed by atoms with van der Waals surface area (Å²) < 4.78 is 44.5. The minimum absolute atomic E-state index is 0.0382. The number of alkyl halides is 1. The van der Waals surface area contributed by atoms with Gasteiger partial charge in [-0.05, 0) is 54.7 Å². The average molecular weight is 556 g/mol. The number of carbonyl (C=O) groups is 2. The Morgan fingerprint density at radius 1 is 0.976 bits per heavy atom. The Morgan fingerprint density at radius 3 is 2.66 bits per heavy atom. The van der Waals surface area contributed by atoms with Gasteiger partial charge in [0.15, 0.2) is 11.6 Å². The number of hydrogen-bond donors (Lipinski definition) is 2. The molecule has 10 heteroatoms. The van der Waals surface area contributed by atoms with Crippen LogP contribution in [0.3, 0.4) is 0 Å². The van der Waals surface area contributed by atoms with E-state index in [2.05, 4.69) is 25.6 Å². The smallest absolute Gasteiger partial charge is 0.253 e. The van der Waals surface area contributed by atoms with E-state index < -0.39 is 41.1 Å². The Hall–Kier alpha value is -4.60. The van der Waals surface area contributed by atoms with Gasteiger partial charge >= 0.3 is 0 Å². The molecule has 0 saturated heterocycles. The van der Waals surface area contributed by atoms with Gasteiger partial charge in [0.1, 0.15) is 12.0 Å². The Balaban J connectivity index is 1.15. The number of halogens is 3. The van der Waals surface area contributed by atoms with Gasteiger partial charge in [0.2, 0.25) is 5.91 Å². The fraction of sp³-hybridized carbons (Fsp3) is 0.258. The minimum atomic E-state index is -1.63. The van der Waals surface area contributed by atoms with Crippen molar-refractivity contribution in [3.63, 3.8) is 0 Å². The number of pyridine rings is 3. The normalized spacial score (nSPS) is 24.3. The number of fused-ring (bicyclic) bond motifs is 4. The van der Waals surface area contributed by atoms with Crippen molar-refractivity contribution in [2.24, 2.45) is 0 Å². The van der Waals surface area contributed by atoms with Gasteiger partial charge in [-0.2, -0.15) is 0 Å². The molecule has 7 nitrogen and oxygen atoms in total. The fourth-order valence-electron chi connectivity index (χ4n) is 6.54. The molecule has 0 bridgehead atoms. The molecule has 4 heterocycles. The highest BCUT2D eigenvalue weighted by molar-refractivity contribution is 6.06. The molecule has 4 aromatic rings. The van der Waals surface area contributed by atoms with Gasteiger partial charge in [-0.3, -0.25) is 19.6 Å². The zero-order chi connectivity index (χ0) is 28.3. The molecular formula is C31H24F3N5O2. The minimum Gasteiger partial charge on any atom is -0.344 e. The van der Waals surface area contributed by atoms with Crippen LogP contribution >= 0.6 is 0 Å². The first-order chi connectivity index (χ1) is 19.9. The highest BCUT2D eigenvalue weighted by atomic mass is 19.2. The van der Waals surface area contributed by atoms with Crippen LogP contribution in [0.1, 0.15) is 75.0 Å². The van der Waals surface area contributed by atoms with Crippen LogP contribution in [-0.2, 0) is 23.1 Å². The summed E-state index contributed by atoms with van der Waals surface area (Å²) in [7, 11) is 0. The molecule has 7 rings (SSSR count). The number of nitrogens with one attached hydrogen (secondary N) is 2. The third-order valence-electron chi connectivity index (χ3n) is 8.58. The molecule has 2 N–H and O–H groups in total. The molecule has 1 unspecified atom stereocenters. The maximum absolute atomic E-state index is 15.9. The summed E-state index contributed by atoms with van der Waals surface area (Å²) in [5.41, 5.74) is 2.41. The number of benzene rings is 1. The number of carbonyl (C=O) groups excluding carboxylic acids is 2. The van der Waals surface area contributed by atoms with E-state index >= 15 is 4.39 Å². The van der Waals surface area contributed by atoms with Crippen molar-refractivity contribution >= 4 is 17.6 Å². The van der Waals surface area contributed by atoms with Crippen LogP contribution < -0.4 is 10.6 Å². The molecule has 1 spiro atoms. The molecule has 0 radical (unpaired) electrons. The lowest BCUT2D eigenvalue weighted by Crippen LogP contribution is -2.35. The lowest BCUT2D eigenvalue weighted by molar-refractivity contribution is -0.120. The summed E-state index contributed by atoms with van der Waals surface area (Å²) in [6, 6.07) is 11.7. The molecule has 4 atom stereocenters. The van der Waals surface area contributed by atoms with Gasteiger partial charge in [0, 0.05) is 47.8 Å². The molecule has 206 valence electrons. The summed E-state index contributed by atoms with van der Waals surface area (Å²) in [6.45, 7) is 0. The van der Waals surface area contributed by atoms with Crippen LogP contribution in [0, 0.1) is 11.6 Å².